The van der Waals surface area contributed by atoms with Gasteiger partial charge in [-0.05, 0) is 51.2 Å². The maximum absolute atomic E-state index is 13.9. The minimum absolute atomic E-state index is 0.0870. The van der Waals surface area contributed by atoms with Crippen molar-refractivity contribution in [3.05, 3.63) is 34.9 Å². The van der Waals surface area contributed by atoms with Crippen molar-refractivity contribution in [3.8, 4) is 0 Å². The van der Waals surface area contributed by atoms with Crippen molar-refractivity contribution in [2.75, 3.05) is 6.54 Å². The highest BCUT2D eigenvalue weighted by Crippen LogP contribution is 2.25. The van der Waals surface area contributed by atoms with Gasteiger partial charge in [0, 0.05) is 18.7 Å². The van der Waals surface area contributed by atoms with Gasteiger partial charge in [-0.15, -0.1) is 0 Å². The lowest BCUT2D eigenvalue weighted by Gasteiger charge is -2.36. The molecule has 21 heavy (non-hydrogen) atoms. The molecule has 0 radical (unpaired) electrons. The van der Waals surface area contributed by atoms with Crippen LogP contribution < -0.4 is 0 Å². The summed E-state index contributed by atoms with van der Waals surface area (Å²) in [4.78, 5) is 14.2. The van der Waals surface area contributed by atoms with Crippen LogP contribution in [0.1, 0.15) is 48.5 Å². The zero-order chi connectivity index (χ0) is 15.6. The summed E-state index contributed by atoms with van der Waals surface area (Å²) in [6.45, 7) is 3.74. The molecule has 2 unspecified atom stereocenters. The molecule has 1 aliphatic rings. The normalized spacial score (nSPS) is 20.4. The summed E-state index contributed by atoms with van der Waals surface area (Å²) in [7, 11) is 0. The standard InChI is InChI=1S/C16H21F2NO2/c1-10-7-13(15(18)9-14(10)17)16(21)19-6-4-3-5-12(19)8-11(2)20/h7,9,11-12,20H,3-6,8H2,1-2H3. The molecular weight excluding hydrogens is 276 g/mol. The van der Waals surface area contributed by atoms with E-state index >= 15 is 0 Å². The summed E-state index contributed by atoms with van der Waals surface area (Å²) in [5.41, 5.74) is 0.162. The van der Waals surface area contributed by atoms with Crippen LogP contribution in [0.25, 0.3) is 0 Å². The second-order valence-electron chi connectivity index (χ2n) is 5.81. The van der Waals surface area contributed by atoms with E-state index in [2.05, 4.69) is 0 Å². The lowest BCUT2D eigenvalue weighted by Crippen LogP contribution is -2.45. The number of likely N-dealkylation sites (tertiary alicyclic amines) is 1. The average Bonchev–Trinajstić information content (AvgIpc) is 2.42. The molecule has 0 bridgehead atoms. The number of hydrogen-bond acceptors (Lipinski definition) is 2. The number of rotatable bonds is 3. The van der Waals surface area contributed by atoms with Crippen molar-refractivity contribution < 1.29 is 18.7 Å². The molecule has 1 saturated heterocycles. The Morgan fingerprint density at radius 2 is 2.10 bits per heavy atom. The fourth-order valence-electron chi connectivity index (χ4n) is 2.88. The second-order valence-corrected chi connectivity index (χ2v) is 5.81. The number of halogens is 2. The van der Waals surface area contributed by atoms with Gasteiger partial charge in [0.15, 0.2) is 0 Å². The first kappa shape index (κ1) is 15.9. The van der Waals surface area contributed by atoms with Crippen molar-refractivity contribution in [1.29, 1.82) is 0 Å². The number of aliphatic hydroxyl groups excluding tert-OH is 1. The van der Waals surface area contributed by atoms with Crippen molar-refractivity contribution >= 4 is 5.91 Å². The zero-order valence-corrected chi connectivity index (χ0v) is 12.4. The Morgan fingerprint density at radius 3 is 2.76 bits per heavy atom. The van der Waals surface area contributed by atoms with Crippen LogP contribution in [0.5, 0.6) is 0 Å². The van der Waals surface area contributed by atoms with E-state index in [0.29, 0.717) is 13.0 Å². The van der Waals surface area contributed by atoms with E-state index in [4.69, 9.17) is 0 Å². The minimum Gasteiger partial charge on any atom is -0.393 e. The maximum atomic E-state index is 13.9. The van der Waals surface area contributed by atoms with Crippen LogP contribution in [0.3, 0.4) is 0 Å². The number of carbonyl (C=O) groups is 1. The van der Waals surface area contributed by atoms with Crippen LogP contribution in [0, 0.1) is 18.6 Å². The molecule has 0 aromatic heterocycles. The molecule has 1 aromatic rings. The molecule has 5 heteroatoms. The van der Waals surface area contributed by atoms with Gasteiger partial charge in [0.05, 0.1) is 11.7 Å². The molecule has 0 saturated carbocycles. The monoisotopic (exact) mass is 297 g/mol. The van der Waals surface area contributed by atoms with Crippen LogP contribution in [-0.2, 0) is 0 Å². The topological polar surface area (TPSA) is 40.5 Å². The Hall–Kier alpha value is -1.49. The molecule has 0 spiro atoms. The molecule has 2 rings (SSSR count). The fourth-order valence-corrected chi connectivity index (χ4v) is 2.88. The predicted molar refractivity (Wildman–Crippen MR) is 76.1 cm³/mol. The van der Waals surface area contributed by atoms with Crippen molar-refractivity contribution in [2.24, 2.45) is 0 Å². The van der Waals surface area contributed by atoms with Gasteiger partial charge in [-0.3, -0.25) is 4.79 Å². The van der Waals surface area contributed by atoms with Gasteiger partial charge < -0.3 is 10.0 Å². The lowest BCUT2D eigenvalue weighted by molar-refractivity contribution is 0.0510. The summed E-state index contributed by atoms with van der Waals surface area (Å²) in [5, 5.41) is 9.55. The van der Waals surface area contributed by atoms with Gasteiger partial charge in [-0.1, -0.05) is 0 Å². The maximum Gasteiger partial charge on any atom is 0.257 e. The van der Waals surface area contributed by atoms with E-state index in [9.17, 15) is 18.7 Å². The number of aliphatic hydroxyl groups is 1. The Labute approximate surface area is 123 Å². The van der Waals surface area contributed by atoms with Gasteiger partial charge in [0.1, 0.15) is 11.6 Å². The quantitative estimate of drug-likeness (QED) is 0.931. The molecule has 1 aromatic carbocycles. The zero-order valence-electron chi connectivity index (χ0n) is 12.4. The fraction of sp³-hybridized carbons (Fsp3) is 0.562. The Morgan fingerprint density at radius 1 is 1.38 bits per heavy atom. The number of piperidine rings is 1. The molecule has 1 heterocycles. The van der Waals surface area contributed by atoms with E-state index in [1.54, 1.807) is 11.8 Å². The number of benzene rings is 1. The summed E-state index contributed by atoms with van der Waals surface area (Å²) in [6.07, 6.45) is 2.63. The largest absolute Gasteiger partial charge is 0.393 e. The smallest absolute Gasteiger partial charge is 0.257 e. The SMILES string of the molecule is Cc1cc(C(=O)N2CCCCC2CC(C)O)c(F)cc1F. The van der Waals surface area contributed by atoms with Gasteiger partial charge >= 0.3 is 0 Å². The van der Waals surface area contributed by atoms with E-state index in [1.807, 2.05) is 0 Å². The molecule has 3 nitrogen and oxygen atoms in total. The first-order valence-corrected chi connectivity index (χ1v) is 7.35. The average molecular weight is 297 g/mol. The van der Waals surface area contributed by atoms with Crippen molar-refractivity contribution in [3.63, 3.8) is 0 Å². The number of amides is 1. The first-order valence-electron chi connectivity index (χ1n) is 7.35. The van der Waals surface area contributed by atoms with E-state index in [1.165, 1.54) is 13.0 Å². The second kappa shape index (κ2) is 6.52. The highest BCUT2D eigenvalue weighted by Gasteiger charge is 2.30. The van der Waals surface area contributed by atoms with Crippen LogP contribution >= 0.6 is 0 Å². The lowest BCUT2D eigenvalue weighted by atomic mass is 9.96. The molecule has 0 aliphatic carbocycles. The molecule has 1 aliphatic heterocycles. The molecule has 116 valence electrons. The van der Waals surface area contributed by atoms with Gasteiger partial charge in [0.2, 0.25) is 0 Å². The van der Waals surface area contributed by atoms with Crippen molar-refractivity contribution in [1.82, 2.24) is 4.90 Å². The molecule has 1 N–H and O–H groups in total. The Kier molecular flexibility index (Phi) is 4.93. The summed E-state index contributed by atoms with van der Waals surface area (Å²) >= 11 is 0. The third kappa shape index (κ3) is 3.59. The van der Waals surface area contributed by atoms with E-state index in [-0.39, 0.29) is 17.2 Å². The van der Waals surface area contributed by atoms with Crippen molar-refractivity contribution in [2.45, 2.75) is 51.7 Å². The predicted octanol–water partition coefficient (Wildman–Crippen LogP) is 3.04. The highest BCUT2D eigenvalue weighted by molar-refractivity contribution is 5.95. The third-order valence-electron chi connectivity index (χ3n) is 3.98. The van der Waals surface area contributed by atoms with Crippen LogP contribution in [0.2, 0.25) is 0 Å². The number of aryl methyl sites for hydroxylation is 1. The molecular formula is C16H21F2NO2. The third-order valence-corrected chi connectivity index (χ3v) is 3.98. The van der Waals surface area contributed by atoms with Crippen LogP contribution in [0.4, 0.5) is 8.78 Å². The van der Waals surface area contributed by atoms with E-state index in [0.717, 1.165) is 25.3 Å². The van der Waals surface area contributed by atoms with E-state index < -0.39 is 23.6 Å². The summed E-state index contributed by atoms with van der Waals surface area (Å²) in [5.74, 6) is -1.89. The molecule has 1 fully saturated rings. The van der Waals surface area contributed by atoms with Gasteiger partial charge in [0.25, 0.3) is 5.91 Å². The minimum atomic E-state index is -0.829. The van der Waals surface area contributed by atoms with Gasteiger partial charge in [-0.25, -0.2) is 8.78 Å². The highest BCUT2D eigenvalue weighted by atomic mass is 19.1. The first-order chi connectivity index (χ1) is 9.90. The Balaban J connectivity index is 2.26. The summed E-state index contributed by atoms with van der Waals surface area (Å²) < 4.78 is 27.2. The van der Waals surface area contributed by atoms with Crippen LogP contribution in [0.15, 0.2) is 12.1 Å². The number of carbonyl (C=O) groups excluding carboxylic acids is 1. The van der Waals surface area contributed by atoms with Gasteiger partial charge in [-0.2, -0.15) is 0 Å². The molecule has 2 atom stereocenters. The molecule has 1 amide bonds. The Bertz CT molecular complexity index is 531. The summed E-state index contributed by atoms with van der Waals surface area (Å²) in [6, 6.07) is 1.94. The number of hydrogen-bond donors (Lipinski definition) is 1. The van der Waals surface area contributed by atoms with Crippen LogP contribution in [-0.4, -0.2) is 34.6 Å². The number of nitrogens with zero attached hydrogens (tertiary/aromatic N) is 1.